The molecule has 2 N–H and O–H groups in total. The van der Waals surface area contributed by atoms with E-state index in [9.17, 15) is 18.0 Å². The molecule has 52 heavy (non-hydrogen) atoms. The van der Waals surface area contributed by atoms with Crippen molar-refractivity contribution in [3.63, 3.8) is 0 Å². The summed E-state index contributed by atoms with van der Waals surface area (Å²) in [6.07, 6.45) is -3.96. The summed E-state index contributed by atoms with van der Waals surface area (Å²) in [5.41, 5.74) is 3.76. The van der Waals surface area contributed by atoms with Gasteiger partial charge in [0.25, 0.3) is 5.91 Å². The SMILES string of the molecule is [2H]C([2H])([2H])N(C(=O)c1nn2c(c1Cl)CN(c1nc(OC[C@]34CCCN3CC(=C)C4)nc3c1CO[C@@H](c1c(F)c(N)cc(C#CC)c1C(F)(F)F)C3)CCC2)C([2H])([2H])[2H]. The number of hydrogen-bond donors (Lipinski definition) is 1. The maximum absolute atomic E-state index is 15.8. The number of halogens is 5. The smallest absolute Gasteiger partial charge is 0.418 e. The van der Waals surface area contributed by atoms with E-state index in [-0.39, 0.29) is 71.4 Å². The molecule has 6 heterocycles. The lowest BCUT2D eigenvalue weighted by molar-refractivity contribution is -0.140. The molecule has 4 aliphatic rings. The van der Waals surface area contributed by atoms with Crippen molar-refractivity contribution in [2.75, 3.05) is 50.8 Å². The minimum absolute atomic E-state index is 0.0778. The Hall–Kier alpha value is -4.39. The zero-order valence-electron chi connectivity index (χ0n) is 34.2. The van der Waals surface area contributed by atoms with Gasteiger partial charge in [0.2, 0.25) is 0 Å². The van der Waals surface area contributed by atoms with E-state index in [1.165, 1.54) is 11.6 Å². The third kappa shape index (κ3) is 6.34. The van der Waals surface area contributed by atoms with Crippen molar-refractivity contribution in [2.24, 2.45) is 0 Å². The number of nitrogen functional groups attached to an aromatic ring is 1. The van der Waals surface area contributed by atoms with E-state index in [1.54, 1.807) is 4.90 Å². The van der Waals surface area contributed by atoms with Crippen LogP contribution in [-0.2, 0) is 37.0 Å². The molecule has 1 aromatic carbocycles. The van der Waals surface area contributed by atoms with Gasteiger partial charge in [0.15, 0.2) is 11.5 Å². The van der Waals surface area contributed by atoms with Gasteiger partial charge in [-0.05, 0) is 45.2 Å². The Morgan fingerprint density at radius 1 is 1.27 bits per heavy atom. The highest BCUT2D eigenvalue weighted by molar-refractivity contribution is 6.34. The number of amides is 1. The quantitative estimate of drug-likeness (QED) is 0.150. The number of aromatic nitrogens is 4. The lowest BCUT2D eigenvalue weighted by Crippen LogP contribution is -2.43. The van der Waals surface area contributed by atoms with Crippen molar-refractivity contribution in [3.05, 3.63) is 68.4 Å². The third-order valence-corrected chi connectivity index (χ3v) is 10.5. The first-order valence-corrected chi connectivity index (χ1v) is 17.0. The Labute approximate surface area is 312 Å². The summed E-state index contributed by atoms with van der Waals surface area (Å²) in [5, 5.41) is 3.97. The number of benzene rings is 1. The number of hydrogen-bond acceptors (Lipinski definition) is 9. The average Bonchev–Trinajstić information content (AvgIpc) is 3.68. The Bertz CT molecular complexity index is 2230. The minimum Gasteiger partial charge on any atom is -0.461 e. The van der Waals surface area contributed by atoms with E-state index < -0.39 is 66.0 Å². The van der Waals surface area contributed by atoms with E-state index in [0.717, 1.165) is 37.6 Å². The molecular formula is C36H39ClF4N8O3. The van der Waals surface area contributed by atoms with Crippen LogP contribution in [0.5, 0.6) is 6.01 Å². The van der Waals surface area contributed by atoms with Gasteiger partial charge in [-0.15, -0.1) is 5.92 Å². The highest BCUT2D eigenvalue weighted by Gasteiger charge is 2.47. The van der Waals surface area contributed by atoms with E-state index in [4.69, 9.17) is 40.0 Å². The van der Waals surface area contributed by atoms with Crippen LogP contribution >= 0.6 is 11.6 Å². The molecule has 0 saturated carbocycles. The molecule has 16 heteroatoms. The second-order valence-corrected chi connectivity index (χ2v) is 13.8. The Morgan fingerprint density at radius 2 is 2.08 bits per heavy atom. The molecule has 2 aromatic heterocycles. The summed E-state index contributed by atoms with van der Waals surface area (Å²) >= 11 is 6.70. The molecular weight excluding hydrogens is 704 g/mol. The van der Waals surface area contributed by atoms with Crippen molar-refractivity contribution in [1.29, 1.82) is 0 Å². The monoisotopic (exact) mass is 748 g/mol. The fraction of sp³-hybridized carbons (Fsp3) is 0.500. The van der Waals surface area contributed by atoms with E-state index in [1.807, 2.05) is 0 Å². The molecule has 7 rings (SSSR count). The van der Waals surface area contributed by atoms with Crippen LogP contribution in [0.3, 0.4) is 0 Å². The normalized spacial score (nSPS) is 23.8. The van der Waals surface area contributed by atoms with Gasteiger partial charge in [-0.2, -0.15) is 28.2 Å². The van der Waals surface area contributed by atoms with Crippen LogP contribution in [0.4, 0.5) is 29.1 Å². The molecule has 0 spiro atoms. The molecule has 2 fully saturated rings. The van der Waals surface area contributed by atoms with Gasteiger partial charge in [0.05, 0.1) is 52.5 Å². The van der Waals surface area contributed by atoms with Crippen molar-refractivity contribution < 1.29 is 40.1 Å². The first kappa shape index (κ1) is 29.1. The van der Waals surface area contributed by atoms with Gasteiger partial charge in [-0.25, -0.2) is 4.39 Å². The predicted molar refractivity (Wildman–Crippen MR) is 185 cm³/mol. The van der Waals surface area contributed by atoms with Crippen molar-refractivity contribution in [2.45, 2.75) is 76.5 Å². The van der Waals surface area contributed by atoms with Crippen LogP contribution in [0, 0.1) is 17.7 Å². The van der Waals surface area contributed by atoms with Gasteiger partial charge in [0, 0.05) is 64.9 Å². The number of anilines is 2. The van der Waals surface area contributed by atoms with Crippen molar-refractivity contribution in [1.82, 2.24) is 29.5 Å². The lowest BCUT2D eigenvalue weighted by atomic mass is 9.91. The molecule has 0 radical (unpaired) electrons. The Morgan fingerprint density at radius 3 is 2.83 bits per heavy atom. The fourth-order valence-electron chi connectivity index (χ4n) is 7.84. The third-order valence-electron chi connectivity index (χ3n) is 10.1. The zero-order valence-corrected chi connectivity index (χ0v) is 28.9. The molecule has 0 aliphatic carbocycles. The number of alkyl halides is 3. The van der Waals surface area contributed by atoms with Crippen LogP contribution < -0.4 is 15.4 Å². The topological polar surface area (TPSA) is 115 Å². The first-order valence-electron chi connectivity index (χ1n) is 19.7. The predicted octanol–water partition coefficient (Wildman–Crippen LogP) is 5.54. The van der Waals surface area contributed by atoms with Gasteiger partial charge >= 0.3 is 12.2 Å². The lowest BCUT2D eigenvalue weighted by Gasteiger charge is -2.33. The summed E-state index contributed by atoms with van der Waals surface area (Å²) in [5.74, 6) is 2.39. The number of carbonyl (C=O) groups excluding carboxylic acids is 1. The van der Waals surface area contributed by atoms with Gasteiger partial charge in [-0.1, -0.05) is 29.7 Å². The largest absolute Gasteiger partial charge is 0.461 e. The molecule has 1 amide bonds. The molecule has 0 bridgehead atoms. The molecule has 11 nitrogen and oxygen atoms in total. The number of carbonyl (C=O) groups is 1. The molecule has 4 aliphatic heterocycles. The number of fused-ring (bicyclic) bond motifs is 3. The minimum atomic E-state index is -5.02. The summed E-state index contributed by atoms with van der Waals surface area (Å²) in [6.45, 7) is 0.683. The summed E-state index contributed by atoms with van der Waals surface area (Å²) in [6, 6.07) is 0.767. The van der Waals surface area contributed by atoms with Crippen LogP contribution in [0.25, 0.3) is 0 Å². The Balaban J connectivity index is 1.29. The van der Waals surface area contributed by atoms with Gasteiger partial charge in [0.1, 0.15) is 12.4 Å². The summed E-state index contributed by atoms with van der Waals surface area (Å²) in [7, 11) is 0. The second kappa shape index (κ2) is 13.5. The molecule has 0 unspecified atom stereocenters. The average molecular weight is 749 g/mol. The van der Waals surface area contributed by atoms with Gasteiger partial charge < -0.3 is 25.0 Å². The number of nitrogens with two attached hydrogens (primary N) is 1. The highest BCUT2D eigenvalue weighted by atomic mass is 35.5. The molecule has 2 saturated heterocycles. The van der Waals surface area contributed by atoms with Crippen LogP contribution in [-0.4, -0.2) is 81.2 Å². The zero-order chi connectivity index (χ0) is 42.1. The van der Waals surface area contributed by atoms with Gasteiger partial charge in [-0.3, -0.25) is 14.4 Å². The maximum atomic E-state index is 15.8. The molecule has 2 atom stereocenters. The maximum Gasteiger partial charge on any atom is 0.418 e. The summed E-state index contributed by atoms with van der Waals surface area (Å²) < 4.78 is 120. The number of nitrogens with zero attached hydrogens (tertiary/aromatic N) is 7. The van der Waals surface area contributed by atoms with Crippen LogP contribution in [0.15, 0.2) is 18.2 Å². The number of rotatable bonds is 6. The standard InChI is InChI=1S/C36H39ClF4N8O3/c1-5-8-21-13-23(42)30(38)27(28(21)36(39,40)41)26-14-24-22(18-51-26)32(44-34(43-24)52-19-35-9-6-11-48(35)16-20(2)15-35)47-10-7-12-49-25(17-47)29(37)31(45-49)33(50)46(3)4/h13,26H,2,6-7,9-12,14-19,42H2,1,3-4H3/t26-,35-/m1/s1/i3D3,4D3. The molecule has 276 valence electrons. The number of aryl methyl sites for hydroxylation is 1. The molecule has 3 aromatic rings. The van der Waals surface area contributed by atoms with Crippen molar-refractivity contribution in [3.8, 4) is 17.9 Å². The fourth-order valence-corrected chi connectivity index (χ4v) is 8.11. The number of ether oxygens (including phenoxy) is 2. The second-order valence-electron chi connectivity index (χ2n) is 13.5. The Kier molecular flexibility index (Phi) is 7.58. The van der Waals surface area contributed by atoms with Crippen LogP contribution in [0.1, 0.15) is 91.1 Å². The first-order chi connectivity index (χ1) is 27.1. The van der Waals surface area contributed by atoms with Crippen LogP contribution in [0.2, 0.25) is 5.02 Å². The summed E-state index contributed by atoms with van der Waals surface area (Å²) in [4.78, 5) is 26.7. The van der Waals surface area contributed by atoms with E-state index in [2.05, 4.69) is 33.4 Å². The van der Waals surface area contributed by atoms with E-state index >= 15 is 4.39 Å². The highest BCUT2D eigenvalue weighted by Crippen LogP contribution is 2.45. The van der Waals surface area contributed by atoms with Crippen molar-refractivity contribution >= 4 is 29.0 Å². The van der Waals surface area contributed by atoms with E-state index in [0.29, 0.717) is 24.9 Å².